The largest absolute Gasteiger partial charge is 0.497 e. The van der Waals surface area contributed by atoms with Gasteiger partial charge in [0.15, 0.2) is 0 Å². The molecule has 2 rings (SSSR count). The van der Waals surface area contributed by atoms with Gasteiger partial charge in [0.25, 0.3) is 5.91 Å². The minimum absolute atomic E-state index is 0.0178. The van der Waals surface area contributed by atoms with Crippen molar-refractivity contribution in [2.45, 2.75) is 12.7 Å². The van der Waals surface area contributed by atoms with Gasteiger partial charge in [0.1, 0.15) is 5.75 Å². The molecule has 0 bridgehead atoms. The lowest BCUT2D eigenvalue weighted by atomic mass is 10.1. The smallest absolute Gasteiger partial charge is 0.471 e. The summed E-state index contributed by atoms with van der Waals surface area (Å²) in [5, 5.41) is 4.39. The van der Waals surface area contributed by atoms with E-state index >= 15 is 0 Å². The minimum atomic E-state index is -4.99. The van der Waals surface area contributed by atoms with Gasteiger partial charge in [-0.2, -0.15) is 13.2 Å². The first-order valence-corrected chi connectivity index (χ1v) is 7.19. The zero-order chi connectivity index (χ0) is 18.4. The fourth-order valence-corrected chi connectivity index (χ4v) is 2.03. The van der Waals surface area contributed by atoms with Gasteiger partial charge in [-0.05, 0) is 29.8 Å². The number of ether oxygens (including phenoxy) is 1. The molecule has 0 aliphatic rings. The number of anilines is 1. The highest BCUT2D eigenvalue weighted by atomic mass is 19.4. The second kappa shape index (κ2) is 7.69. The van der Waals surface area contributed by atoms with E-state index in [1.54, 1.807) is 29.6 Å². The van der Waals surface area contributed by atoms with Crippen molar-refractivity contribution in [2.75, 3.05) is 12.4 Å². The summed E-state index contributed by atoms with van der Waals surface area (Å²) in [6.45, 7) is -0.0512. The van der Waals surface area contributed by atoms with Crippen LogP contribution in [0, 0.1) is 0 Å². The number of amides is 2. The van der Waals surface area contributed by atoms with E-state index < -0.39 is 18.0 Å². The van der Waals surface area contributed by atoms with Crippen molar-refractivity contribution in [2.24, 2.45) is 0 Å². The number of hydrogen-bond donors (Lipinski definition) is 2. The molecule has 8 heteroatoms. The van der Waals surface area contributed by atoms with Gasteiger partial charge in [-0.3, -0.25) is 9.59 Å². The van der Waals surface area contributed by atoms with Crippen LogP contribution in [0.5, 0.6) is 5.75 Å². The quantitative estimate of drug-likeness (QED) is 0.869. The normalized spacial score (nSPS) is 10.9. The number of hydrogen-bond acceptors (Lipinski definition) is 3. The second-order valence-corrected chi connectivity index (χ2v) is 5.02. The highest BCUT2D eigenvalue weighted by molar-refractivity contribution is 5.96. The lowest BCUT2D eigenvalue weighted by molar-refractivity contribution is -0.167. The molecule has 2 N–H and O–H groups in total. The Bertz CT molecular complexity index is 776. The third-order valence-corrected chi connectivity index (χ3v) is 3.29. The zero-order valence-corrected chi connectivity index (χ0v) is 13.2. The maximum absolute atomic E-state index is 12.4. The summed E-state index contributed by atoms with van der Waals surface area (Å²) in [5.74, 6) is -1.99. The Balaban J connectivity index is 2.08. The van der Waals surface area contributed by atoms with Gasteiger partial charge in [-0.1, -0.05) is 24.3 Å². The van der Waals surface area contributed by atoms with Crippen LogP contribution in [0.25, 0.3) is 0 Å². The molecule has 132 valence electrons. The molecule has 0 aliphatic carbocycles. The van der Waals surface area contributed by atoms with Gasteiger partial charge in [0.05, 0.1) is 7.11 Å². The Kier molecular flexibility index (Phi) is 5.63. The van der Waals surface area contributed by atoms with Crippen LogP contribution in [0.1, 0.15) is 15.9 Å². The van der Waals surface area contributed by atoms with E-state index in [0.717, 1.165) is 0 Å². The molecule has 2 amide bonds. The van der Waals surface area contributed by atoms with Crippen LogP contribution in [0.4, 0.5) is 18.9 Å². The monoisotopic (exact) mass is 352 g/mol. The van der Waals surface area contributed by atoms with E-state index in [1.807, 2.05) is 0 Å². The average Bonchev–Trinajstić information content (AvgIpc) is 2.60. The molecule has 0 radical (unpaired) electrons. The molecular formula is C17H15F3N2O3. The van der Waals surface area contributed by atoms with E-state index in [1.165, 1.54) is 31.4 Å². The Morgan fingerprint density at radius 1 is 1.08 bits per heavy atom. The molecule has 0 aliphatic heterocycles. The molecular weight excluding hydrogens is 337 g/mol. The van der Waals surface area contributed by atoms with Crippen molar-refractivity contribution in [1.29, 1.82) is 0 Å². The molecule has 0 fully saturated rings. The Morgan fingerprint density at radius 2 is 1.80 bits per heavy atom. The van der Waals surface area contributed by atoms with Crippen LogP contribution in [0.15, 0.2) is 48.5 Å². The lowest BCUT2D eigenvalue weighted by Crippen LogP contribution is -2.31. The summed E-state index contributed by atoms with van der Waals surface area (Å²) in [6.07, 6.45) is -4.99. The Labute approximate surface area is 141 Å². The molecule has 0 spiro atoms. The highest BCUT2D eigenvalue weighted by Crippen LogP contribution is 2.21. The first-order chi connectivity index (χ1) is 11.8. The summed E-state index contributed by atoms with van der Waals surface area (Å²) in [7, 11) is 1.47. The number of rotatable bonds is 5. The maximum atomic E-state index is 12.4. The fraction of sp³-hybridized carbons (Fsp3) is 0.176. The van der Waals surface area contributed by atoms with Crippen LogP contribution in [0.3, 0.4) is 0 Å². The molecule has 0 aromatic heterocycles. The minimum Gasteiger partial charge on any atom is -0.497 e. The van der Waals surface area contributed by atoms with E-state index in [4.69, 9.17) is 4.74 Å². The lowest BCUT2D eigenvalue weighted by Gasteiger charge is -2.13. The molecule has 0 atom stereocenters. The molecule has 0 saturated heterocycles. The predicted octanol–water partition coefficient (Wildman–Crippen LogP) is 3.13. The van der Waals surface area contributed by atoms with Crippen molar-refractivity contribution in [3.63, 3.8) is 0 Å². The van der Waals surface area contributed by atoms with Crippen molar-refractivity contribution in [3.8, 4) is 5.75 Å². The number of alkyl halides is 3. The van der Waals surface area contributed by atoms with Gasteiger partial charge in [0.2, 0.25) is 0 Å². The molecule has 0 saturated carbocycles. The SMILES string of the molecule is COc1cccc(C(=O)NCc2ccccc2NC(=O)C(F)(F)F)c1. The summed E-state index contributed by atoms with van der Waals surface area (Å²) < 4.78 is 42.2. The van der Waals surface area contributed by atoms with Gasteiger partial charge >= 0.3 is 12.1 Å². The van der Waals surface area contributed by atoms with Crippen molar-refractivity contribution in [1.82, 2.24) is 5.32 Å². The fourth-order valence-electron chi connectivity index (χ4n) is 2.03. The van der Waals surface area contributed by atoms with Crippen LogP contribution in [-0.2, 0) is 11.3 Å². The van der Waals surface area contributed by atoms with Crippen LogP contribution in [-0.4, -0.2) is 25.1 Å². The van der Waals surface area contributed by atoms with Gasteiger partial charge < -0.3 is 15.4 Å². The van der Waals surface area contributed by atoms with Gasteiger partial charge in [0, 0.05) is 17.8 Å². The van der Waals surface area contributed by atoms with E-state index in [2.05, 4.69) is 5.32 Å². The first kappa shape index (κ1) is 18.3. The number of nitrogens with one attached hydrogen (secondary N) is 2. The third-order valence-electron chi connectivity index (χ3n) is 3.29. The van der Waals surface area contributed by atoms with Crippen molar-refractivity contribution in [3.05, 3.63) is 59.7 Å². The standard InChI is InChI=1S/C17H15F3N2O3/c1-25-13-7-4-6-11(9-13)15(23)21-10-12-5-2-3-8-14(12)22-16(24)17(18,19)20/h2-9H,10H2,1H3,(H,21,23)(H,22,24). The van der Waals surface area contributed by atoms with Crippen molar-refractivity contribution < 1.29 is 27.5 Å². The van der Waals surface area contributed by atoms with Gasteiger partial charge in [-0.15, -0.1) is 0 Å². The van der Waals surface area contributed by atoms with Crippen LogP contribution in [0.2, 0.25) is 0 Å². The van der Waals surface area contributed by atoms with E-state index in [9.17, 15) is 22.8 Å². The summed E-state index contributed by atoms with van der Waals surface area (Å²) in [4.78, 5) is 23.2. The van der Waals surface area contributed by atoms with Crippen LogP contribution >= 0.6 is 0 Å². The van der Waals surface area contributed by atoms with E-state index in [-0.39, 0.29) is 12.2 Å². The second-order valence-electron chi connectivity index (χ2n) is 5.02. The number of methoxy groups -OCH3 is 1. The number of para-hydroxylation sites is 1. The molecule has 2 aromatic rings. The molecule has 25 heavy (non-hydrogen) atoms. The van der Waals surface area contributed by atoms with Crippen molar-refractivity contribution >= 4 is 17.5 Å². The number of carbonyl (C=O) groups excluding carboxylic acids is 2. The topological polar surface area (TPSA) is 67.4 Å². The van der Waals surface area contributed by atoms with Crippen LogP contribution < -0.4 is 15.4 Å². The average molecular weight is 352 g/mol. The Morgan fingerprint density at radius 3 is 2.48 bits per heavy atom. The molecule has 2 aromatic carbocycles. The maximum Gasteiger partial charge on any atom is 0.471 e. The first-order valence-electron chi connectivity index (χ1n) is 7.19. The zero-order valence-electron chi connectivity index (χ0n) is 13.2. The predicted molar refractivity (Wildman–Crippen MR) is 85.3 cm³/mol. The molecule has 5 nitrogen and oxygen atoms in total. The molecule has 0 heterocycles. The molecule has 0 unspecified atom stereocenters. The number of halogens is 3. The van der Waals surface area contributed by atoms with Gasteiger partial charge in [-0.25, -0.2) is 0 Å². The van der Waals surface area contributed by atoms with E-state index in [0.29, 0.717) is 16.9 Å². The summed E-state index contributed by atoms with van der Waals surface area (Å²) >= 11 is 0. The summed E-state index contributed by atoms with van der Waals surface area (Å²) in [6, 6.07) is 12.4. The Hall–Kier alpha value is -3.03. The summed E-state index contributed by atoms with van der Waals surface area (Å²) in [5.41, 5.74) is 0.670. The third kappa shape index (κ3) is 4.97. The number of benzene rings is 2. The highest BCUT2D eigenvalue weighted by Gasteiger charge is 2.38. The number of carbonyl (C=O) groups is 2.